The average molecular weight is 196 g/mol. The summed E-state index contributed by atoms with van der Waals surface area (Å²) in [5.41, 5.74) is 0. The largest absolute Gasteiger partial charge is 0.300 e. The van der Waals surface area contributed by atoms with Crippen molar-refractivity contribution in [2.24, 2.45) is 0 Å². The van der Waals surface area contributed by atoms with Gasteiger partial charge in [0.15, 0.2) is 0 Å². The summed E-state index contributed by atoms with van der Waals surface area (Å²) >= 11 is 0. The lowest BCUT2D eigenvalue weighted by atomic mass is 10.1. The highest BCUT2D eigenvalue weighted by molar-refractivity contribution is 5.75. The molecule has 0 saturated heterocycles. The van der Waals surface area contributed by atoms with E-state index in [0.717, 1.165) is 12.8 Å². The molecule has 0 aliphatic rings. The van der Waals surface area contributed by atoms with Crippen molar-refractivity contribution >= 4 is 5.78 Å². The van der Waals surface area contributed by atoms with E-state index in [0.29, 0.717) is 5.78 Å². The molecule has 0 heterocycles. The Labute approximate surface area is 88.6 Å². The van der Waals surface area contributed by atoms with Crippen LogP contribution in [-0.4, -0.2) is 5.78 Å². The van der Waals surface area contributed by atoms with Gasteiger partial charge in [0.2, 0.25) is 0 Å². The Hall–Kier alpha value is -0.590. The molecule has 0 aromatic rings. The third-order valence-electron chi connectivity index (χ3n) is 2.29. The first-order chi connectivity index (χ1) is 6.77. The van der Waals surface area contributed by atoms with Crippen LogP contribution < -0.4 is 0 Å². The number of ketones is 1. The molecule has 0 bridgehead atoms. The van der Waals surface area contributed by atoms with Crippen LogP contribution in [-0.2, 0) is 4.79 Å². The van der Waals surface area contributed by atoms with Gasteiger partial charge in [-0.05, 0) is 32.6 Å². The highest BCUT2D eigenvalue weighted by Crippen LogP contribution is 2.05. The van der Waals surface area contributed by atoms with E-state index in [9.17, 15) is 4.79 Å². The van der Waals surface area contributed by atoms with Crippen LogP contribution in [0.15, 0.2) is 12.2 Å². The Morgan fingerprint density at radius 3 is 2.21 bits per heavy atom. The molecule has 0 radical (unpaired) electrons. The van der Waals surface area contributed by atoms with Gasteiger partial charge in [-0.15, -0.1) is 0 Å². The first-order valence-electron chi connectivity index (χ1n) is 5.91. The molecule has 14 heavy (non-hydrogen) atoms. The Morgan fingerprint density at radius 2 is 1.64 bits per heavy atom. The van der Waals surface area contributed by atoms with E-state index in [1.54, 1.807) is 6.92 Å². The van der Waals surface area contributed by atoms with Crippen molar-refractivity contribution < 1.29 is 4.79 Å². The Kier molecular flexibility index (Phi) is 10.0. The van der Waals surface area contributed by atoms with Crippen LogP contribution in [0.3, 0.4) is 0 Å². The first-order valence-corrected chi connectivity index (χ1v) is 5.91. The van der Waals surface area contributed by atoms with E-state index in [-0.39, 0.29) is 0 Å². The van der Waals surface area contributed by atoms with E-state index >= 15 is 0 Å². The van der Waals surface area contributed by atoms with Gasteiger partial charge in [0.05, 0.1) is 0 Å². The van der Waals surface area contributed by atoms with Gasteiger partial charge >= 0.3 is 0 Å². The highest BCUT2D eigenvalue weighted by atomic mass is 16.1. The van der Waals surface area contributed by atoms with E-state index in [2.05, 4.69) is 19.1 Å². The number of rotatable bonds is 9. The molecule has 0 aromatic carbocycles. The van der Waals surface area contributed by atoms with E-state index in [1.807, 2.05) is 0 Å². The molecule has 0 saturated carbocycles. The quantitative estimate of drug-likeness (QED) is 0.397. The lowest BCUT2D eigenvalue weighted by Crippen LogP contribution is -1.88. The van der Waals surface area contributed by atoms with Gasteiger partial charge in [-0.25, -0.2) is 0 Å². The lowest BCUT2D eigenvalue weighted by Gasteiger charge is -1.95. The van der Waals surface area contributed by atoms with E-state index in [1.165, 1.54) is 38.5 Å². The maximum Gasteiger partial charge on any atom is 0.129 e. The van der Waals surface area contributed by atoms with Crippen molar-refractivity contribution in [1.29, 1.82) is 0 Å². The van der Waals surface area contributed by atoms with Gasteiger partial charge in [0.25, 0.3) is 0 Å². The summed E-state index contributed by atoms with van der Waals surface area (Å²) in [6.07, 6.45) is 13.8. The highest BCUT2D eigenvalue weighted by Gasteiger charge is 1.92. The van der Waals surface area contributed by atoms with Gasteiger partial charge in [-0.1, -0.05) is 38.3 Å². The number of carbonyl (C=O) groups excluding carboxylic acids is 1. The number of Topliss-reactive ketones (excluding diaryl/α,β-unsaturated/α-hetero) is 1. The molecule has 0 amide bonds. The lowest BCUT2D eigenvalue weighted by molar-refractivity contribution is -0.117. The predicted molar refractivity (Wildman–Crippen MR) is 62.4 cm³/mol. The molecule has 1 nitrogen and oxygen atoms in total. The maximum atomic E-state index is 10.6. The van der Waals surface area contributed by atoms with Gasteiger partial charge < -0.3 is 4.79 Å². The number of hydrogen-bond acceptors (Lipinski definition) is 1. The average Bonchev–Trinajstić information content (AvgIpc) is 2.15. The molecule has 0 aromatic heterocycles. The van der Waals surface area contributed by atoms with Crippen LogP contribution in [0.4, 0.5) is 0 Å². The number of unbranched alkanes of at least 4 members (excludes halogenated alkanes) is 5. The summed E-state index contributed by atoms with van der Waals surface area (Å²) in [5, 5.41) is 0. The third-order valence-corrected chi connectivity index (χ3v) is 2.29. The van der Waals surface area contributed by atoms with Crippen LogP contribution in [0.25, 0.3) is 0 Å². The fourth-order valence-electron chi connectivity index (χ4n) is 1.37. The van der Waals surface area contributed by atoms with Crippen LogP contribution >= 0.6 is 0 Å². The number of carbonyl (C=O) groups is 1. The van der Waals surface area contributed by atoms with E-state index in [4.69, 9.17) is 0 Å². The Bertz CT molecular complexity index is 159. The summed E-state index contributed by atoms with van der Waals surface area (Å²) in [5.74, 6) is 0.323. The minimum Gasteiger partial charge on any atom is -0.300 e. The molecular weight excluding hydrogens is 172 g/mol. The number of allylic oxidation sites excluding steroid dienone is 2. The minimum atomic E-state index is 0.323. The third kappa shape index (κ3) is 11.4. The second-order valence-corrected chi connectivity index (χ2v) is 3.91. The van der Waals surface area contributed by atoms with Gasteiger partial charge in [0, 0.05) is 6.42 Å². The van der Waals surface area contributed by atoms with Crippen molar-refractivity contribution in [3.05, 3.63) is 12.2 Å². The fraction of sp³-hybridized carbons (Fsp3) is 0.769. The van der Waals surface area contributed by atoms with Crippen molar-refractivity contribution in [3.8, 4) is 0 Å². The monoisotopic (exact) mass is 196 g/mol. The molecule has 0 atom stereocenters. The van der Waals surface area contributed by atoms with Gasteiger partial charge in [0.1, 0.15) is 5.78 Å². The molecule has 0 N–H and O–H groups in total. The van der Waals surface area contributed by atoms with Crippen LogP contribution in [0, 0.1) is 0 Å². The summed E-state index contributed by atoms with van der Waals surface area (Å²) in [7, 11) is 0. The zero-order chi connectivity index (χ0) is 10.6. The van der Waals surface area contributed by atoms with Gasteiger partial charge in [-0.3, -0.25) is 0 Å². The molecule has 0 spiro atoms. The zero-order valence-corrected chi connectivity index (χ0v) is 9.72. The SMILES string of the molecule is CCCC/C=C/CCCCCC(C)=O. The summed E-state index contributed by atoms with van der Waals surface area (Å²) < 4.78 is 0. The van der Waals surface area contributed by atoms with Crippen LogP contribution in [0.2, 0.25) is 0 Å². The molecule has 0 rings (SSSR count). The van der Waals surface area contributed by atoms with Crippen molar-refractivity contribution in [3.63, 3.8) is 0 Å². The number of hydrogen-bond donors (Lipinski definition) is 0. The molecule has 0 aliphatic heterocycles. The Morgan fingerprint density at radius 1 is 1.00 bits per heavy atom. The first kappa shape index (κ1) is 13.4. The van der Waals surface area contributed by atoms with Crippen molar-refractivity contribution in [2.45, 2.75) is 65.2 Å². The van der Waals surface area contributed by atoms with Crippen LogP contribution in [0.1, 0.15) is 65.2 Å². The molecule has 0 unspecified atom stereocenters. The topological polar surface area (TPSA) is 17.1 Å². The predicted octanol–water partition coefficient (Wildman–Crippen LogP) is 4.27. The minimum absolute atomic E-state index is 0.323. The van der Waals surface area contributed by atoms with Crippen molar-refractivity contribution in [2.75, 3.05) is 0 Å². The van der Waals surface area contributed by atoms with Gasteiger partial charge in [-0.2, -0.15) is 0 Å². The molecule has 0 aliphatic carbocycles. The summed E-state index contributed by atoms with van der Waals surface area (Å²) in [6, 6.07) is 0. The van der Waals surface area contributed by atoms with E-state index < -0.39 is 0 Å². The summed E-state index contributed by atoms with van der Waals surface area (Å²) in [6.45, 7) is 3.89. The zero-order valence-electron chi connectivity index (χ0n) is 9.72. The summed E-state index contributed by atoms with van der Waals surface area (Å²) in [4.78, 5) is 10.6. The standard InChI is InChI=1S/C13H24O/c1-3-4-5-6-7-8-9-10-11-12-13(2)14/h6-7H,3-5,8-12H2,1-2H3/b7-6+. The smallest absolute Gasteiger partial charge is 0.129 e. The fourth-order valence-corrected chi connectivity index (χ4v) is 1.37. The van der Waals surface area contributed by atoms with Crippen LogP contribution in [0.5, 0.6) is 0 Å². The molecule has 82 valence electrons. The second-order valence-electron chi connectivity index (χ2n) is 3.91. The Balaban J connectivity index is 3.05. The molecular formula is C13H24O. The van der Waals surface area contributed by atoms with Crippen molar-refractivity contribution in [1.82, 2.24) is 0 Å². The molecule has 0 fully saturated rings. The normalized spacial score (nSPS) is 11.0. The second kappa shape index (κ2) is 10.5. The maximum absolute atomic E-state index is 10.6. The molecule has 1 heteroatoms.